The lowest BCUT2D eigenvalue weighted by molar-refractivity contribution is -0.123. The number of carbonyl (C=O) groups is 2. The highest BCUT2D eigenvalue weighted by atomic mass is 32.2. The first kappa shape index (κ1) is 23.4. The van der Waals surface area contributed by atoms with E-state index in [0.717, 1.165) is 42.1 Å². The molecular formula is C23H25F3N4O2S. The average molecular weight is 479 g/mol. The molecule has 0 bridgehead atoms. The quantitative estimate of drug-likeness (QED) is 0.424. The number of piperidine rings is 1. The number of amides is 3. The van der Waals surface area contributed by atoms with Crippen LogP contribution in [0.15, 0.2) is 47.6 Å². The molecule has 1 aromatic carbocycles. The Morgan fingerprint density at radius 1 is 1.03 bits per heavy atom. The van der Waals surface area contributed by atoms with Gasteiger partial charge in [-0.1, -0.05) is 0 Å². The summed E-state index contributed by atoms with van der Waals surface area (Å²) in [5.74, 6) is -0.419. The van der Waals surface area contributed by atoms with Gasteiger partial charge in [0.05, 0.1) is 24.1 Å². The van der Waals surface area contributed by atoms with Crippen molar-refractivity contribution in [3.05, 3.63) is 48.3 Å². The summed E-state index contributed by atoms with van der Waals surface area (Å²) in [6, 6.07) is 6.64. The number of urea groups is 1. The standard InChI is InChI=1S/C23H25F3N4O2S/c1-22(2)20(31)30(17-6-8-18(9-7-17)33-23(24,25)26)21(32)29(22)15-16-10-11-27-14-19(16)28-12-4-3-5-13-28/h6-11,14H,3-5,12-13,15H2,1-2H3. The third-order valence-corrected chi connectivity index (χ3v) is 6.80. The molecule has 0 aliphatic carbocycles. The first-order valence-electron chi connectivity index (χ1n) is 10.8. The molecule has 3 heterocycles. The van der Waals surface area contributed by atoms with Gasteiger partial charge in [0.1, 0.15) is 5.54 Å². The Morgan fingerprint density at radius 3 is 2.33 bits per heavy atom. The molecule has 1 aromatic heterocycles. The largest absolute Gasteiger partial charge is 0.446 e. The molecule has 0 N–H and O–H groups in total. The lowest BCUT2D eigenvalue weighted by atomic mass is 10.0. The number of imide groups is 1. The Kier molecular flexibility index (Phi) is 6.30. The number of carbonyl (C=O) groups excluding carboxylic acids is 2. The van der Waals surface area contributed by atoms with E-state index in [1.807, 2.05) is 6.07 Å². The van der Waals surface area contributed by atoms with E-state index in [4.69, 9.17) is 0 Å². The van der Waals surface area contributed by atoms with E-state index in [2.05, 4.69) is 9.88 Å². The van der Waals surface area contributed by atoms with Gasteiger partial charge in [0.2, 0.25) is 0 Å². The number of anilines is 2. The van der Waals surface area contributed by atoms with Crippen LogP contribution in [0, 0.1) is 0 Å². The number of pyridine rings is 1. The van der Waals surface area contributed by atoms with Crippen LogP contribution in [0.25, 0.3) is 0 Å². The van der Waals surface area contributed by atoms with Crippen LogP contribution in [0.1, 0.15) is 38.7 Å². The van der Waals surface area contributed by atoms with E-state index in [1.54, 1.807) is 26.2 Å². The molecule has 2 aliphatic heterocycles. The summed E-state index contributed by atoms with van der Waals surface area (Å²) in [4.78, 5) is 35.6. The molecule has 176 valence electrons. The lowest BCUT2D eigenvalue weighted by Crippen LogP contribution is -2.44. The molecule has 6 nitrogen and oxygen atoms in total. The normalized spacial score (nSPS) is 18.9. The number of halogens is 3. The van der Waals surface area contributed by atoms with Crippen LogP contribution in [0.4, 0.5) is 29.3 Å². The third-order valence-electron chi connectivity index (χ3n) is 6.06. The number of thioether (sulfide) groups is 1. The van der Waals surface area contributed by atoms with Gasteiger partial charge in [-0.3, -0.25) is 9.78 Å². The van der Waals surface area contributed by atoms with Crippen LogP contribution in [0.3, 0.4) is 0 Å². The topological polar surface area (TPSA) is 56.8 Å². The number of hydrogen-bond acceptors (Lipinski definition) is 5. The van der Waals surface area contributed by atoms with Crippen LogP contribution >= 0.6 is 11.8 Å². The predicted octanol–water partition coefficient (Wildman–Crippen LogP) is 5.43. The molecule has 0 spiro atoms. The van der Waals surface area contributed by atoms with Crippen molar-refractivity contribution in [3.8, 4) is 0 Å². The van der Waals surface area contributed by atoms with E-state index in [1.165, 1.54) is 35.6 Å². The summed E-state index contributed by atoms with van der Waals surface area (Å²) in [6.45, 7) is 5.43. The van der Waals surface area contributed by atoms with Crippen molar-refractivity contribution in [2.75, 3.05) is 22.9 Å². The molecule has 2 saturated heterocycles. The highest BCUT2D eigenvalue weighted by Crippen LogP contribution is 2.39. The van der Waals surface area contributed by atoms with Crippen LogP contribution in [-0.4, -0.2) is 46.0 Å². The van der Waals surface area contributed by atoms with Crippen LogP contribution in [0.5, 0.6) is 0 Å². The number of rotatable bonds is 5. The van der Waals surface area contributed by atoms with Gasteiger partial charge < -0.3 is 9.80 Å². The van der Waals surface area contributed by atoms with Crippen molar-refractivity contribution in [3.63, 3.8) is 0 Å². The minimum absolute atomic E-state index is 0.00980. The molecule has 0 unspecified atom stereocenters. The highest BCUT2D eigenvalue weighted by Gasteiger charge is 2.52. The number of benzene rings is 1. The van der Waals surface area contributed by atoms with Crippen LogP contribution in [0.2, 0.25) is 0 Å². The molecule has 0 radical (unpaired) electrons. The van der Waals surface area contributed by atoms with E-state index < -0.39 is 23.0 Å². The molecule has 2 fully saturated rings. The van der Waals surface area contributed by atoms with E-state index in [-0.39, 0.29) is 28.9 Å². The molecule has 33 heavy (non-hydrogen) atoms. The summed E-state index contributed by atoms with van der Waals surface area (Å²) in [5.41, 5.74) is -3.41. The number of nitrogens with zero attached hydrogens (tertiary/aromatic N) is 4. The predicted molar refractivity (Wildman–Crippen MR) is 121 cm³/mol. The number of hydrogen-bond donors (Lipinski definition) is 0. The zero-order valence-electron chi connectivity index (χ0n) is 18.4. The summed E-state index contributed by atoms with van der Waals surface area (Å²) in [5, 5.41) is 0. The highest BCUT2D eigenvalue weighted by molar-refractivity contribution is 8.00. The number of alkyl halides is 3. The summed E-state index contributed by atoms with van der Waals surface area (Å²) < 4.78 is 37.9. The second-order valence-corrected chi connectivity index (χ2v) is 9.80. The lowest BCUT2D eigenvalue weighted by Gasteiger charge is -2.33. The first-order valence-corrected chi connectivity index (χ1v) is 11.6. The van der Waals surface area contributed by atoms with E-state index >= 15 is 0 Å². The molecule has 2 aromatic rings. The second kappa shape index (κ2) is 8.89. The smallest absolute Gasteiger partial charge is 0.370 e. The summed E-state index contributed by atoms with van der Waals surface area (Å²) >= 11 is -0.239. The van der Waals surface area contributed by atoms with Gasteiger partial charge in [-0.05, 0) is 80.8 Å². The van der Waals surface area contributed by atoms with Gasteiger partial charge >= 0.3 is 11.5 Å². The van der Waals surface area contributed by atoms with Crippen molar-refractivity contribution >= 4 is 35.1 Å². The molecule has 0 atom stereocenters. The minimum atomic E-state index is -4.41. The Bertz CT molecular complexity index is 1040. The maximum atomic E-state index is 13.4. The molecule has 10 heteroatoms. The minimum Gasteiger partial charge on any atom is -0.370 e. The van der Waals surface area contributed by atoms with Gasteiger partial charge in [-0.25, -0.2) is 9.69 Å². The maximum absolute atomic E-state index is 13.4. The Morgan fingerprint density at radius 2 is 1.70 bits per heavy atom. The van der Waals surface area contributed by atoms with Crippen molar-refractivity contribution in [1.29, 1.82) is 0 Å². The fourth-order valence-electron chi connectivity index (χ4n) is 4.26. The Hall–Kier alpha value is -2.75. The maximum Gasteiger partial charge on any atom is 0.446 e. The van der Waals surface area contributed by atoms with Gasteiger partial charge in [-0.15, -0.1) is 0 Å². The Balaban J connectivity index is 1.59. The molecular weight excluding hydrogens is 453 g/mol. The summed E-state index contributed by atoms with van der Waals surface area (Å²) in [6.07, 6.45) is 6.85. The third kappa shape index (κ3) is 4.80. The van der Waals surface area contributed by atoms with Gasteiger partial charge in [0, 0.05) is 24.2 Å². The zero-order valence-corrected chi connectivity index (χ0v) is 19.2. The molecule has 3 amide bonds. The van der Waals surface area contributed by atoms with Crippen molar-refractivity contribution in [2.45, 2.75) is 55.6 Å². The average Bonchev–Trinajstić information content (AvgIpc) is 2.94. The molecule has 4 rings (SSSR count). The SMILES string of the molecule is CC1(C)C(=O)N(c2ccc(SC(F)(F)F)cc2)C(=O)N1Cc1ccncc1N1CCCCC1. The second-order valence-electron chi connectivity index (χ2n) is 8.66. The summed E-state index contributed by atoms with van der Waals surface area (Å²) in [7, 11) is 0. The van der Waals surface area contributed by atoms with Gasteiger partial charge in [0.25, 0.3) is 5.91 Å². The van der Waals surface area contributed by atoms with Gasteiger partial charge in [-0.2, -0.15) is 13.2 Å². The molecule has 0 saturated carbocycles. The van der Waals surface area contributed by atoms with Gasteiger partial charge in [0.15, 0.2) is 0 Å². The van der Waals surface area contributed by atoms with E-state index in [0.29, 0.717) is 0 Å². The Labute approximate surface area is 194 Å². The fourth-order valence-corrected chi connectivity index (χ4v) is 4.80. The first-order chi connectivity index (χ1) is 15.6. The van der Waals surface area contributed by atoms with Crippen molar-refractivity contribution in [1.82, 2.24) is 9.88 Å². The number of aromatic nitrogens is 1. The monoisotopic (exact) mass is 478 g/mol. The zero-order chi connectivity index (χ0) is 23.8. The van der Waals surface area contributed by atoms with Crippen molar-refractivity contribution < 1.29 is 22.8 Å². The molecule has 2 aliphatic rings. The fraction of sp³-hybridized carbons (Fsp3) is 0.435. The van der Waals surface area contributed by atoms with Crippen molar-refractivity contribution in [2.24, 2.45) is 0 Å². The van der Waals surface area contributed by atoms with Crippen LogP contribution in [-0.2, 0) is 11.3 Å². The van der Waals surface area contributed by atoms with Crippen LogP contribution < -0.4 is 9.80 Å². The van der Waals surface area contributed by atoms with E-state index in [9.17, 15) is 22.8 Å².